The summed E-state index contributed by atoms with van der Waals surface area (Å²) in [6.45, 7) is 0. The number of benzene rings is 1. The van der Waals surface area contributed by atoms with Gasteiger partial charge in [-0.25, -0.2) is 0 Å². The van der Waals surface area contributed by atoms with Gasteiger partial charge in [0.2, 0.25) is 0 Å². The van der Waals surface area contributed by atoms with E-state index in [9.17, 15) is 4.79 Å². The van der Waals surface area contributed by atoms with E-state index in [1.54, 1.807) is 0 Å². The van der Waals surface area contributed by atoms with Crippen LogP contribution in [0.25, 0.3) is 0 Å². The molecule has 1 aromatic carbocycles. The second kappa shape index (κ2) is 3.08. The Morgan fingerprint density at radius 2 is 2.00 bits per heavy atom. The molecule has 1 saturated carbocycles. The van der Waals surface area contributed by atoms with Crippen molar-refractivity contribution in [3.05, 3.63) is 34.3 Å². The van der Waals surface area contributed by atoms with Gasteiger partial charge in [-0.1, -0.05) is 30.2 Å². The van der Waals surface area contributed by atoms with E-state index in [0.717, 1.165) is 12.0 Å². The fraction of sp³-hybridized carbons (Fsp3) is 0.462. The quantitative estimate of drug-likeness (QED) is 0.651. The molecule has 1 nitrogen and oxygen atoms in total. The van der Waals surface area contributed by atoms with Crippen LogP contribution in [-0.4, -0.2) is 5.78 Å². The summed E-state index contributed by atoms with van der Waals surface area (Å²) < 4.78 is 0. The largest absolute Gasteiger partial charge is 0.294 e. The average molecular weight is 221 g/mol. The van der Waals surface area contributed by atoms with E-state index in [0.29, 0.717) is 16.9 Å². The summed E-state index contributed by atoms with van der Waals surface area (Å²) in [5, 5.41) is 0.642. The van der Waals surface area contributed by atoms with Crippen LogP contribution >= 0.6 is 11.6 Å². The van der Waals surface area contributed by atoms with E-state index in [2.05, 4.69) is 6.07 Å². The summed E-state index contributed by atoms with van der Waals surface area (Å²) in [4.78, 5) is 11.8. The van der Waals surface area contributed by atoms with Crippen molar-refractivity contribution < 1.29 is 4.79 Å². The summed E-state index contributed by atoms with van der Waals surface area (Å²) in [5.41, 5.74) is 2.33. The van der Waals surface area contributed by atoms with Crippen LogP contribution in [0.3, 0.4) is 0 Å². The van der Waals surface area contributed by atoms with Gasteiger partial charge in [0.15, 0.2) is 5.78 Å². The van der Waals surface area contributed by atoms with E-state index < -0.39 is 0 Å². The Kier molecular flexibility index (Phi) is 1.93. The van der Waals surface area contributed by atoms with Gasteiger partial charge in [-0.15, -0.1) is 0 Å². The van der Waals surface area contributed by atoms with Gasteiger partial charge < -0.3 is 0 Å². The molecule has 2 heteroatoms. The predicted molar refractivity (Wildman–Crippen MR) is 60.5 cm³/mol. The maximum atomic E-state index is 11.8. The number of rotatable bonds is 0. The van der Waals surface area contributed by atoms with E-state index in [1.165, 1.54) is 24.8 Å². The number of halogens is 1. The lowest BCUT2D eigenvalue weighted by Gasteiger charge is -2.46. The van der Waals surface area contributed by atoms with Crippen LogP contribution in [-0.2, 0) is 5.41 Å². The van der Waals surface area contributed by atoms with Crippen LogP contribution in [0.4, 0.5) is 0 Å². The minimum Gasteiger partial charge on any atom is -0.294 e. The molecule has 0 N–H and O–H groups in total. The molecular formula is C13H13ClO. The zero-order valence-electron chi connectivity index (χ0n) is 8.55. The first-order chi connectivity index (χ1) is 7.23. The van der Waals surface area contributed by atoms with Crippen molar-refractivity contribution >= 4 is 17.4 Å². The summed E-state index contributed by atoms with van der Waals surface area (Å²) >= 11 is 6.12. The topological polar surface area (TPSA) is 17.1 Å². The van der Waals surface area contributed by atoms with Gasteiger partial charge in [0.1, 0.15) is 0 Å². The van der Waals surface area contributed by atoms with Crippen molar-refractivity contribution in [2.24, 2.45) is 0 Å². The molecule has 1 spiro atoms. The Hall–Kier alpha value is -0.820. The fourth-order valence-corrected chi connectivity index (χ4v) is 3.26. The summed E-state index contributed by atoms with van der Waals surface area (Å²) in [5.74, 6) is 0.230. The molecule has 0 amide bonds. The number of hydrogen-bond donors (Lipinski definition) is 0. The molecule has 3 rings (SSSR count). The standard InChI is InChI=1S/C13H13ClO/c14-10-4-1-3-9-12(10)11(15)5-8-13(9)6-2-7-13/h1,3-4H,2,5-8H2. The molecule has 0 unspecified atom stereocenters. The Morgan fingerprint density at radius 1 is 1.20 bits per heavy atom. The molecule has 0 saturated heterocycles. The van der Waals surface area contributed by atoms with Crippen molar-refractivity contribution in [3.8, 4) is 0 Å². The SMILES string of the molecule is O=C1CCC2(CCC2)c2cccc(Cl)c21. The van der Waals surface area contributed by atoms with Crippen molar-refractivity contribution in [2.75, 3.05) is 0 Å². The molecule has 0 aromatic heterocycles. The van der Waals surface area contributed by atoms with Crippen LogP contribution in [0.1, 0.15) is 48.0 Å². The first kappa shape index (κ1) is 9.41. The minimum absolute atomic E-state index is 0.230. The third kappa shape index (κ3) is 1.19. The molecule has 1 fully saturated rings. The van der Waals surface area contributed by atoms with Crippen LogP contribution in [0.15, 0.2) is 18.2 Å². The van der Waals surface area contributed by atoms with E-state index in [-0.39, 0.29) is 5.78 Å². The molecular weight excluding hydrogens is 208 g/mol. The number of carbonyl (C=O) groups excluding carboxylic acids is 1. The Morgan fingerprint density at radius 3 is 2.67 bits per heavy atom. The summed E-state index contributed by atoms with van der Waals surface area (Å²) in [6, 6.07) is 5.90. The molecule has 78 valence electrons. The van der Waals surface area contributed by atoms with Crippen LogP contribution in [0, 0.1) is 0 Å². The van der Waals surface area contributed by atoms with E-state index in [1.807, 2.05) is 12.1 Å². The van der Waals surface area contributed by atoms with Crippen LogP contribution in [0.5, 0.6) is 0 Å². The van der Waals surface area contributed by atoms with Gasteiger partial charge in [-0.3, -0.25) is 4.79 Å². The Balaban J connectivity index is 2.21. The highest BCUT2D eigenvalue weighted by Crippen LogP contribution is 2.51. The van der Waals surface area contributed by atoms with Crippen molar-refractivity contribution in [2.45, 2.75) is 37.5 Å². The first-order valence-corrected chi connectivity index (χ1v) is 5.93. The van der Waals surface area contributed by atoms with Gasteiger partial charge in [-0.2, -0.15) is 0 Å². The maximum absolute atomic E-state index is 11.8. The normalized spacial score (nSPS) is 22.3. The average Bonchev–Trinajstić information content (AvgIpc) is 2.16. The second-order valence-electron chi connectivity index (χ2n) is 4.72. The van der Waals surface area contributed by atoms with Gasteiger partial charge in [0.05, 0.1) is 5.02 Å². The Labute approximate surface area is 94.4 Å². The molecule has 0 bridgehead atoms. The highest BCUT2D eigenvalue weighted by Gasteiger charge is 2.44. The van der Waals surface area contributed by atoms with Gasteiger partial charge >= 0.3 is 0 Å². The van der Waals surface area contributed by atoms with Gasteiger partial charge in [0.25, 0.3) is 0 Å². The maximum Gasteiger partial charge on any atom is 0.164 e. The zero-order valence-corrected chi connectivity index (χ0v) is 9.31. The molecule has 0 radical (unpaired) electrons. The molecule has 0 heterocycles. The number of carbonyl (C=O) groups is 1. The van der Waals surface area contributed by atoms with Crippen LogP contribution in [0.2, 0.25) is 5.02 Å². The van der Waals surface area contributed by atoms with E-state index >= 15 is 0 Å². The summed E-state index contributed by atoms with van der Waals surface area (Å²) in [7, 11) is 0. The minimum atomic E-state index is 0.230. The lowest BCUT2D eigenvalue weighted by Crippen LogP contribution is -2.39. The number of fused-ring (bicyclic) bond motifs is 2. The number of Topliss-reactive ketones (excluding diaryl/α,β-unsaturated/α-hetero) is 1. The lowest BCUT2D eigenvalue weighted by molar-refractivity contribution is 0.0921. The Bertz CT molecular complexity index is 432. The smallest absolute Gasteiger partial charge is 0.164 e. The second-order valence-corrected chi connectivity index (χ2v) is 5.13. The fourth-order valence-electron chi connectivity index (χ4n) is 2.98. The van der Waals surface area contributed by atoms with Crippen LogP contribution < -0.4 is 0 Å². The lowest BCUT2D eigenvalue weighted by atomic mass is 9.58. The highest BCUT2D eigenvalue weighted by molar-refractivity contribution is 6.34. The molecule has 15 heavy (non-hydrogen) atoms. The molecule has 0 aliphatic heterocycles. The van der Waals surface area contributed by atoms with Gasteiger partial charge in [0, 0.05) is 12.0 Å². The van der Waals surface area contributed by atoms with Gasteiger partial charge in [-0.05, 0) is 36.3 Å². The summed E-state index contributed by atoms with van der Waals surface area (Å²) in [6.07, 6.45) is 5.46. The monoisotopic (exact) mass is 220 g/mol. The number of ketones is 1. The highest BCUT2D eigenvalue weighted by atomic mass is 35.5. The number of hydrogen-bond acceptors (Lipinski definition) is 1. The third-order valence-electron chi connectivity index (χ3n) is 4.01. The molecule has 2 aliphatic carbocycles. The molecule has 1 aromatic rings. The zero-order chi connectivity index (χ0) is 10.5. The predicted octanol–water partition coefficient (Wildman–Crippen LogP) is 3.74. The van der Waals surface area contributed by atoms with Crippen molar-refractivity contribution in [3.63, 3.8) is 0 Å². The first-order valence-electron chi connectivity index (χ1n) is 5.55. The molecule has 2 aliphatic rings. The molecule has 0 atom stereocenters. The van der Waals surface area contributed by atoms with E-state index in [4.69, 9.17) is 11.6 Å². The van der Waals surface area contributed by atoms with Crippen molar-refractivity contribution in [1.82, 2.24) is 0 Å². The van der Waals surface area contributed by atoms with Crippen molar-refractivity contribution in [1.29, 1.82) is 0 Å². The third-order valence-corrected chi connectivity index (χ3v) is 4.32.